The lowest BCUT2D eigenvalue weighted by Gasteiger charge is -2.24. The first-order valence-electron chi connectivity index (χ1n) is 6.59. The minimum Gasteiger partial charge on any atom is -0.340 e. The molecule has 0 aliphatic carbocycles. The van der Waals surface area contributed by atoms with Crippen LogP contribution in [0.25, 0.3) is 0 Å². The number of hydrogen-bond acceptors (Lipinski definition) is 2. The zero-order valence-corrected chi connectivity index (χ0v) is 12.7. The lowest BCUT2D eigenvalue weighted by atomic mass is 9.95. The van der Waals surface area contributed by atoms with E-state index >= 15 is 0 Å². The van der Waals surface area contributed by atoms with Crippen LogP contribution >= 0.6 is 15.9 Å². The Labute approximate surface area is 130 Å². The smallest absolute Gasteiger partial charge is 0.252 e. The summed E-state index contributed by atoms with van der Waals surface area (Å²) in [5, 5.41) is 5.56. The van der Waals surface area contributed by atoms with Crippen molar-refractivity contribution in [2.45, 2.75) is 12.5 Å². The van der Waals surface area contributed by atoms with E-state index in [0.29, 0.717) is 17.7 Å². The van der Waals surface area contributed by atoms with Crippen LogP contribution in [0.15, 0.2) is 53.0 Å². The van der Waals surface area contributed by atoms with Gasteiger partial charge in [0.1, 0.15) is 6.04 Å². The van der Waals surface area contributed by atoms with Crippen molar-refractivity contribution >= 4 is 33.4 Å². The minimum absolute atomic E-state index is 0.201. The molecule has 1 heterocycles. The van der Waals surface area contributed by atoms with E-state index in [0.717, 1.165) is 10.0 Å². The lowest BCUT2D eigenvalue weighted by molar-refractivity contribution is -0.118. The summed E-state index contributed by atoms with van der Waals surface area (Å²) in [7, 11) is 0. The predicted octanol–water partition coefficient (Wildman–Crippen LogP) is 2.74. The molecule has 2 aromatic carbocycles. The highest BCUT2D eigenvalue weighted by Gasteiger charge is 2.28. The minimum atomic E-state index is -0.545. The Morgan fingerprint density at radius 3 is 2.62 bits per heavy atom. The van der Waals surface area contributed by atoms with Gasteiger partial charge in [-0.15, -0.1) is 0 Å². The first-order valence-corrected chi connectivity index (χ1v) is 7.38. The van der Waals surface area contributed by atoms with Crippen molar-refractivity contribution in [3.8, 4) is 0 Å². The van der Waals surface area contributed by atoms with E-state index in [4.69, 9.17) is 0 Å². The molecule has 21 heavy (non-hydrogen) atoms. The van der Waals surface area contributed by atoms with Crippen LogP contribution in [0.2, 0.25) is 0 Å². The molecule has 0 saturated heterocycles. The first kappa shape index (κ1) is 13.8. The monoisotopic (exact) mass is 344 g/mol. The van der Waals surface area contributed by atoms with Gasteiger partial charge >= 0.3 is 0 Å². The van der Waals surface area contributed by atoms with Gasteiger partial charge in [0.2, 0.25) is 5.91 Å². The quantitative estimate of drug-likeness (QED) is 0.879. The highest BCUT2D eigenvalue weighted by atomic mass is 79.9. The highest BCUT2D eigenvalue weighted by Crippen LogP contribution is 2.18. The van der Waals surface area contributed by atoms with Crippen molar-refractivity contribution in [3.63, 3.8) is 0 Å². The second-order valence-corrected chi connectivity index (χ2v) is 5.80. The fraction of sp³-hybridized carbons (Fsp3) is 0.125. The highest BCUT2D eigenvalue weighted by molar-refractivity contribution is 9.10. The van der Waals surface area contributed by atoms with E-state index in [1.165, 1.54) is 0 Å². The largest absolute Gasteiger partial charge is 0.340 e. The van der Waals surface area contributed by atoms with Gasteiger partial charge in [0, 0.05) is 22.1 Å². The number of carbonyl (C=O) groups is 2. The molecule has 0 fully saturated rings. The maximum atomic E-state index is 12.3. The molecular formula is C16H13BrN2O2. The number of halogens is 1. The summed E-state index contributed by atoms with van der Waals surface area (Å²) in [6.07, 6.45) is 0.504. The van der Waals surface area contributed by atoms with Crippen LogP contribution in [0, 0.1) is 0 Å². The molecule has 1 atom stereocenters. The Morgan fingerprint density at radius 2 is 1.86 bits per heavy atom. The number of rotatable bonds is 2. The number of amides is 2. The molecule has 1 aliphatic heterocycles. The second-order valence-electron chi connectivity index (χ2n) is 4.88. The van der Waals surface area contributed by atoms with Gasteiger partial charge in [-0.25, -0.2) is 0 Å². The molecule has 1 aliphatic rings. The summed E-state index contributed by atoms with van der Waals surface area (Å²) in [6.45, 7) is 0. The number of benzene rings is 2. The van der Waals surface area contributed by atoms with Gasteiger partial charge in [0.05, 0.1) is 0 Å². The lowest BCUT2D eigenvalue weighted by Crippen LogP contribution is -2.48. The second kappa shape index (κ2) is 5.69. The number of fused-ring (bicyclic) bond motifs is 1. The third-order valence-corrected chi connectivity index (χ3v) is 3.95. The van der Waals surface area contributed by atoms with Crippen LogP contribution < -0.4 is 10.6 Å². The molecule has 106 valence electrons. The number of nitrogens with one attached hydrogen (secondary N) is 2. The molecule has 2 aromatic rings. The molecule has 3 rings (SSSR count). The van der Waals surface area contributed by atoms with Crippen LogP contribution in [0.4, 0.5) is 5.69 Å². The van der Waals surface area contributed by atoms with E-state index < -0.39 is 6.04 Å². The average Bonchev–Trinajstić information content (AvgIpc) is 2.49. The van der Waals surface area contributed by atoms with Crippen LogP contribution in [0.3, 0.4) is 0 Å². The van der Waals surface area contributed by atoms with Crippen molar-refractivity contribution in [2.24, 2.45) is 0 Å². The Kier molecular flexibility index (Phi) is 3.75. The standard InChI is InChI=1S/C16H13BrN2O2/c17-11-5-7-12(8-6-11)18-16(21)14-9-10-3-1-2-4-13(10)15(20)19-14/h1-8,14H,9H2,(H,18,21)(H,19,20). The number of anilines is 1. The number of hydrogen-bond donors (Lipinski definition) is 2. The summed E-state index contributed by atoms with van der Waals surface area (Å²) in [4.78, 5) is 24.3. The topological polar surface area (TPSA) is 58.2 Å². The average molecular weight is 345 g/mol. The Hall–Kier alpha value is -2.14. The van der Waals surface area contributed by atoms with Crippen LogP contribution in [0.5, 0.6) is 0 Å². The maximum Gasteiger partial charge on any atom is 0.252 e. The Balaban J connectivity index is 1.75. The zero-order valence-electron chi connectivity index (χ0n) is 11.1. The summed E-state index contributed by atoms with van der Waals surface area (Å²) in [5.74, 6) is -0.409. The van der Waals surface area contributed by atoms with Crippen LogP contribution in [0.1, 0.15) is 15.9 Å². The van der Waals surface area contributed by atoms with Gasteiger partial charge in [-0.05, 0) is 35.9 Å². The van der Waals surface area contributed by atoms with Crippen molar-refractivity contribution in [1.82, 2.24) is 5.32 Å². The van der Waals surface area contributed by atoms with E-state index in [2.05, 4.69) is 26.6 Å². The zero-order chi connectivity index (χ0) is 14.8. The van der Waals surface area contributed by atoms with Crippen molar-refractivity contribution in [1.29, 1.82) is 0 Å². The van der Waals surface area contributed by atoms with E-state index in [1.54, 1.807) is 18.2 Å². The van der Waals surface area contributed by atoms with Crippen LogP contribution in [-0.4, -0.2) is 17.9 Å². The first-order chi connectivity index (χ1) is 10.1. The molecule has 0 aromatic heterocycles. The fourth-order valence-electron chi connectivity index (χ4n) is 2.35. The van der Waals surface area contributed by atoms with E-state index in [-0.39, 0.29) is 11.8 Å². The van der Waals surface area contributed by atoms with E-state index in [9.17, 15) is 9.59 Å². The summed E-state index contributed by atoms with van der Waals surface area (Å²) in [6, 6.07) is 14.1. The number of carbonyl (C=O) groups excluding carboxylic acids is 2. The maximum absolute atomic E-state index is 12.3. The summed E-state index contributed by atoms with van der Waals surface area (Å²) in [5.41, 5.74) is 2.25. The molecule has 4 nitrogen and oxygen atoms in total. The molecule has 2 amide bonds. The van der Waals surface area contributed by atoms with Gasteiger partial charge < -0.3 is 10.6 Å². The third-order valence-electron chi connectivity index (χ3n) is 3.42. The van der Waals surface area contributed by atoms with Gasteiger partial charge in [-0.3, -0.25) is 9.59 Å². The molecule has 0 radical (unpaired) electrons. The summed E-state index contributed by atoms with van der Waals surface area (Å²) >= 11 is 3.34. The van der Waals surface area contributed by atoms with Gasteiger partial charge in [-0.1, -0.05) is 34.1 Å². The normalized spacial score (nSPS) is 16.8. The third kappa shape index (κ3) is 2.97. The molecule has 0 saturated carbocycles. The molecule has 1 unspecified atom stereocenters. The van der Waals surface area contributed by atoms with Gasteiger partial charge in [0.25, 0.3) is 5.91 Å². The van der Waals surface area contributed by atoms with E-state index in [1.807, 2.05) is 30.3 Å². The molecule has 0 spiro atoms. The SMILES string of the molecule is O=C1NC(C(=O)Nc2ccc(Br)cc2)Cc2ccccc21. The van der Waals surface area contributed by atoms with Crippen LogP contribution in [-0.2, 0) is 11.2 Å². The van der Waals surface area contributed by atoms with Crippen molar-refractivity contribution in [2.75, 3.05) is 5.32 Å². The van der Waals surface area contributed by atoms with Gasteiger partial charge in [-0.2, -0.15) is 0 Å². The predicted molar refractivity (Wildman–Crippen MR) is 84.2 cm³/mol. The Bertz CT molecular complexity index is 698. The summed E-state index contributed by atoms with van der Waals surface area (Å²) < 4.78 is 0.945. The Morgan fingerprint density at radius 1 is 1.14 bits per heavy atom. The molecule has 0 bridgehead atoms. The fourth-order valence-corrected chi connectivity index (χ4v) is 2.61. The van der Waals surface area contributed by atoms with Crippen molar-refractivity contribution in [3.05, 3.63) is 64.1 Å². The van der Waals surface area contributed by atoms with Gasteiger partial charge in [0.15, 0.2) is 0 Å². The molecule has 5 heteroatoms. The molecule has 2 N–H and O–H groups in total. The van der Waals surface area contributed by atoms with Crippen molar-refractivity contribution < 1.29 is 9.59 Å². The molecular weight excluding hydrogens is 332 g/mol.